The predicted octanol–water partition coefficient (Wildman–Crippen LogP) is 5.23. The number of amides is 1. The van der Waals surface area contributed by atoms with E-state index in [9.17, 15) is 26.7 Å². The number of nitrogen functional groups attached to an aromatic ring is 1. The van der Waals surface area contributed by atoms with Crippen molar-refractivity contribution in [3.8, 4) is 17.3 Å². The Hall–Kier alpha value is -4.81. The van der Waals surface area contributed by atoms with Crippen LogP contribution in [0.4, 0.5) is 33.5 Å². The minimum absolute atomic E-state index is 0.110. The Morgan fingerprint density at radius 1 is 1.08 bits per heavy atom. The van der Waals surface area contributed by atoms with Gasteiger partial charge in [-0.3, -0.25) is 4.79 Å². The van der Waals surface area contributed by atoms with Gasteiger partial charge < -0.3 is 15.8 Å². The molecule has 0 unspecified atom stereocenters. The van der Waals surface area contributed by atoms with Crippen LogP contribution in [0.2, 0.25) is 0 Å². The van der Waals surface area contributed by atoms with E-state index in [4.69, 9.17) is 10.5 Å². The lowest BCUT2D eigenvalue weighted by Crippen LogP contribution is -2.21. The van der Waals surface area contributed by atoms with Crippen LogP contribution in [-0.4, -0.2) is 25.7 Å². The molecule has 3 heterocycles. The highest BCUT2D eigenvalue weighted by molar-refractivity contribution is 6.05. The number of alkyl halides is 3. The van der Waals surface area contributed by atoms with Gasteiger partial charge in [0.1, 0.15) is 11.6 Å². The fraction of sp³-hybridized carbons (Fsp3) is 0.0435. The van der Waals surface area contributed by atoms with Crippen LogP contribution in [0.1, 0.15) is 21.6 Å². The van der Waals surface area contributed by atoms with E-state index in [1.165, 1.54) is 30.5 Å². The summed E-state index contributed by atoms with van der Waals surface area (Å²) in [4.78, 5) is 20.1. The minimum Gasteiger partial charge on any atom is -0.453 e. The maximum Gasteiger partial charge on any atom is 0.434 e. The number of benzene rings is 1. The minimum atomic E-state index is -5.09. The Kier molecular flexibility index (Phi) is 6.38. The van der Waals surface area contributed by atoms with Crippen molar-refractivity contribution in [2.45, 2.75) is 6.18 Å². The number of pyridine rings is 2. The Balaban J connectivity index is 1.62. The van der Waals surface area contributed by atoms with E-state index in [-0.39, 0.29) is 27.7 Å². The number of carbonyl (C=O) groups excluding carboxylic acids is 1. The lowest BCUT2D eigenvalue weighted by molar-refractivity contribution is -0.143. The van der Waals surface area contributed by atoms with E-state index in [0.29, 0.717) is 11.8 Å². The maximum atomic E-state index is 14.7. The van der Waals surface area contributed by atoms with E-state index < -0.39 is 40.8 Å². The van der Waals surface area contributed by atoms with Gasteiger partial charge in [-0.15, -0.1) is 0 Å². The largest absolute Gasteiger partial charge is 0.453 e. The van der Waals surface area contributed by atoms with Crippen molar-refractivity contribution in [3.05, 3.63) is 90.0 Å². The van der Waals surface area contributed by atoms with Crippen LogP contribution in [0.3, 0.4) is 0 Å². The summed E-state index contributed by atoms with van der Waals surface area (Å²) in [5, 5.41) is 5.66. The molecule has 0 spiro atoms. The fourth-order valence-electron chi connectivity index (χ4n) is 3.22. The van der Waals surface area contributed by atoms with Crippen LogP contribution < -0.4 is 15.8 Å². The summed E-state index contributed by atoms with van der Waals surface area (Å²) in [5.74, 6) is -3.99. The van der Waals surface area contributed by atoms with E-state index in [1.54, 1.807) is 0 Å². The zero-order chi connectivity index (χ0) is 26.0. The van der Waals surface area contributed by atoms with Crippen molar-refractivity contribution >= 4 is 23.5 Å². The van der Waals surface area contributed by atoms with Crippen molar-refractivity contribution in [1.82, 2.24) is 19.7 Å². The number of rotatable bonds is 6. The summed E-state index contributed by atoms with van der Waals surface area (Å²) in [6.45, 7) is 3.59. The van der Waals surface area contributed by atoms with E-state index in [2.05, 4.69) is 27.0 Å². The molecule has 0 saturated heterocycles. The second-order valence-electron chi connectivity index (χ2n) is 7.14. The Morgan fingerprint density at radius 2 is 1.86 bits per heavy atom. The molecule has 4 rings (SSSR count). The van der Waals surface area contributed by atoms with Gasteiger partial charge in [-0.25, -0.2) is 23.4 Å². The highest BCUT2D eigenvalue weighted by atomic mass is 19.4. The van der Waals surface area contributed by atoms with E-state index in [0.717, 1.165) is 24.4 Å². The van der Waals surface area contributed by atoms with Gasteiger partial charge >= 0.3 is 6.18 Å². The molecule has 0 atom stereocenters. The van der Waals surface area contributed by atoms with Gasteiger partial charge in [0.15, 0.2) is 28.9 Å². The number of anilines is 2. The Morgan fingerprint density at radius 3 is 2.53 bits per heavy atom. The third kappa shape index (κ3) is 4.71. The number of hydrogen-bond donors (Lipinski definition) is 2. The van der Waals surface area contributed by atoms with Gasteiger partial charge in [0.25, 0.3) is 5.91 Å². The Bertz CT molecular complexity index is 1470. The molecular formula is C23H15F5N6O2. The van der Waals surface area contributed by atoms with Gasteiger partial charge in [-0.2, -0.15) is 18.3 Å². The highest BCUT2D eigenvalue weighted by Gasteiger charge is 2.41. The van der Waals surface area contributed by atoms with Crippen LogP contribution >= 0.6 is 0 Å². The van der Waals surface area contributed by atoms with Gasteiger partial charge in [-0.05, 0) is 30.3 Å². The SMILES string of the molecule is C=Cc1c(Oc2ccc(NC(=O)c3cnn(-c4ncccc4F)c3C(F)(F)F)cc2F)ccnc1N. The average molecular weight is 502 g/mol. The molecule has 3 N–H and O–H groups in total. The quantitative estimate of drug-likeness (QED) is 0.350. The van der Waals surface area contributed by atoms with Crippen LogP contribution in [0.5, 0.6) is 11.5 Å². The number of hydrogen-bond acceptors (Lipinski definition) is 6. The molecule has 184 valence electrons. The number of halogens is 5. The van der Waals surface area contributed by atoms with Gasteiger partial charge in [0.05, 0.1) is 17.3 Å². The van der Waals surface area contributed by atoms with Crippen LogP contribution in [0.15, 0.2) is 61.6 Å². The number of carbonyl (C=O) groups is 1. The smallest absolute Gasteiger partial charge is 0.434 e. The van der Waals surface area contributed by atoms with E-state index in [1.807, 2.05) is 0 Å². The molecule has 1 amide bonds. The normalized spacial score (nSPS) is 11.2. The zero-order valence-electron chi connectivity index (χ0n) is 18.1. The van der Waals surface area contributed by atoms with Crippen LogP contribution in [0, 0.1) is 11.6 Å². The molecule has 36 heavy (non-hydrogen) atoms. The van der Waals surface area contributed by atoms with Crippen molar-refractivity contribution in [3.63, 3.8) is 0 Å². The molecule has 8 nitrogen and oxygen atoms in total. The molecule has 4 aromatic rings. The number of nitrogens with one attached hydrogen (secondary N) is 1. The second-order valence-corrected chi connectivity index (χ2v) is 7.14. The van der Waals surface area contributed by atoms with Crippen LogP contribution in [0.25, 0.3) is 11.9 Å². The molecule has 1 aromatic carbocycles. The van der Waals surface area contributed by atoms with E-state index >= 15 is 0 Å². The first-order valence-corrected chi connectivity index (χ1v) is 10.0. The van der Waals surface area contributed by atoms with Gasteiger partial charge in [0.2, 0.25) is 0 Å². The van der Waals surface area contributed by atoms with Gasteiger partial charge in [-0.1, -0.05) is 12.7 Å². The first-order valence-electron chi connectivity index (χ1n) is 10.0. The number of aromatic nitrogens is 4. The number of nitrogens with zero attached hydrogens (tertiary/aromatic N) is 4. The molecule has 0 aliphatic rings. The molecule has 3 aromatic heterocycles. The lowest BCUT2D eigenvalue weighted by Gasteiger charge is -2.13. The highest BCUT2D eigenvalue weighted by Crippen LogP contribution is 2.35. The molecule has 0 aliphatic carbocycles. The average Bonchev–Trinajstić information content (AvgIpc) is 3.27. The standard InChI is InChI=1S/C23H15F5N6O2/c1-2-13-17(7-9-30-20(13)29)36-18-6-5-12(10-16(18)25)33-22(35)14-11-32-34(19(14)23(26,27)28)21-15(24)4-3-8-31-21/h2-11H,1H2,(H2,29,30)(H,33,35). The molecular weight excluding hydrogens is 487 g/mol. The summed E-state index contributed by atoms with van der Waals surface area (Å²) in [7, 11) is 0. The number of ether oxygens (including phenoxy) is 1. The first kappa shape index (κ1) is 24.3. The third-order valence-electron chi connectivity index (χ3n) is 4.82. The summed E-state index contributed by atoms with van der Waals surface area (Å²) in [5.41, 5.74) is 3.42. The summed E-state index contributed by atoms with van der Waals surface area (Å²) in [6.07, 6.45) is -0.681. The van der Waals surface area contributed by atoms with Crippen LogP contribution in [-0.2, 0) is 6.18 Å². The maximum absolute atomic E-state index is 14.7. The molecule has 0 saturated carbocycles. The summed E-state index contributed by atoms with van der Waals surface area (Å²) in [6, 6.07) is 6.74. The Labute approximate surface area is 199 Å². The molecule has 13 heteroatoms. The van der Waals surface area contributed by atoms with Crippen molar-refractivity contribution < 1.29 is 31.5 Å². The lowest BCUT2D eigenvalue weighted by atomic mass is 10.2. The molecule has 0 radical (unpaired) electrons. The summed E-state index contributed by atoms with van der Waals surface area (Å²) >= 11 is 0. The fourth-order valence-corrected chi connectivity index (χ4v) is 3.22. The monoisotopic (exact) mass is 502 g/mol. The molecule has 0 bridgehead atoms. The first-order chi connectivity index (χ1) is 17.1. The number of nitrogens with two attached hydrogens (primary N) is 1. The molecule has 0 aliphatic heterocycles. The predicted molar refractivity (Wildman–Crippen MR) is 119 cm³/mol. The summed E-state index contributed by atoms with van der Waals surface area (Å²) < 4.78 is 75.8. The van der Waals surface area contributed by atoms with Crippen molar-refractivity contribution in [1.29, 1.82) is 0 Å². The topological polar surface area (TPSA) is 108 Å². The second kappa shape index (κ2) is 9.44. The van der Waals surface area contributed by atoms with Crippen molar-refractivity contribution in [2.24, 2.45) is 0 Å². The molecule has 0 fully saturated rings. The van der Waals surface area contributed by atoms with Crippen molar-refractivity contribution in [2.75, 3.05) is 11.1 Å². The third-order valence-corrected chi connectivity index (χ3v) is 4.82. The zero-order valence-corrected chi connectivity index (χ0v) is 18.1. The van der Waals surface area contributed by atoms with Gasteiger partial charge in [0, 0.05) is 24.1 Å².